The van der Waals surface area contributed by atoms with Gasteiger partial charge in [-0.05, 0) is 12.8 Å². The Hall–Kier alpha value is -1.23. The summed E-state index contributed by atoms with van der Waals surface area (Å²) < 4.78 is 12.6. The Kier molecular flexibility index (Phi) is 5.62. The van der Waals surface area contributed by atoms with E-state index >= 15 is 0 Å². The molecule has 0 aliphatic heterocycles. The first-order valence-electron chi connectivity index (χ1n) is 5.15. The zero-order chi connectivity index (χ0) is 10.9. The van der Waals surface area contributed by atoms with E-state index < -0.39 is 5.95 Å². The molecule has 5 heteroatoms. The van der Waals surface area contributed by atoms with Crippen molar-refractivity contribution in [1.82, 2.24) is 9.97 Å². The molecule has 0 saturated carbocycles. The van der Waals surface area contributed by atoms with Crippen LogP contribution in [0.15, 0.2) is 12.4 Å². The van der Waals surface area contributed by atoms with E-state index in [1.807, 2.05) is 0 Å². The smallest absolute Gasteiger partial charge is 0.217 e. The van der Waals surface area contributed by atoms with Crippen molar-refractivity contribution < 1.29 is 9.50 Å². The number of unbranched alkanes of at least 4 members (excludes halogenated alkanes) is 3. The molecule has 84 valence electrons. The molecule has 0 fully saturated rings. The van der Waals surface area contributed by atoms with Gasteiger partial charge in [-0.15, -0.1) is 0 Å². The third-order valence-electron chi connectivity index (χ3n) is 2.02. The van der Waals surface area contributed by atoms with Crippen LogP contribution in [0.1, 0.15) is 25.7 Å². The molecule has 1 aromatic rings. The second kappa shape index (κ2) is 7.11. The molecule has 0 aromatic carbocycles. The van der Waals surface area contributed by atoms with E-state index in [2.05, 4.69) is 15.3 Å². The van der Waals surface area contributed by atoms with Crippen molar-refractivity contribution in [3.63, 3.8) is 0 Å². The van der Waals surface area contributed by atoms with Crippen LogP contribution in [0.3, 0.4) is 0 Å². The van der Waals surface area contributed by atoms with E-state index in [4.69, 9.17) is 5.11 Å². The summed E-state index contributed by atoms with van der Waals surface area (Å²) in [7, 11) is 0. The molecular weight excluding hydrogens is 197 g/mol. The van der Waals surface area contributed by atoms with Gasteiger partial charge >= 0.3 is 0 Å². The van der Waals surface area contributed by atoms with Gasteiger partial charge in [-0.2, -0.15) is 4.39 Å². The number of nitrogens with one attached hydrogen (secondary N) is 1. The molecule has 0 radical (unpaired) electrons. The Morgan fingerprint density at radius 3 is 2.73 bits per heavy atom. The largest absolute Gasteiger partial charge is 0.396 e. The Morgan fingerprint density at radius 1 is 1.20 bits per heavy atom. The highest BCUT2D eigenvalue weighted by molar-refractivity contribution is 5.31. The number of aliphatic hydroxyl groups excluding tert-OH is 1. The maximum Gasteiger partial charge on any atom is 0.217 e. The molecule has 1 aromatic heterocycles. The van der Waals surface area contributed by atoms with Gasteiger partial charge in [0, 0.05) is 19.2 Å². The molecule has 0 saturated heterocycles. The van der Waals surface area contributed by atoms with Crippen LogP contribution in [0.4, 0.5) is 10.2 Å². The lowest BCUT2D eigenvalue weighted by molar-refractivity contribution is 0.283. The summed E-state index contributed by atoms with van der Waals surface area (Å²) in [6, 6.07) is 1.27. The topological polar surface area (TPSA) is 58.0 Å². The second-order valence-corrected chi connectivity index (χ2v) is 3.29. The van der Waals surface area contributed by atoms with Crippen molar-refractivity contribution in [3.8, 4) is 0 Å². The molecule has 0 bridgehead atoms. The highest BCUT2D eigenvalue weighted by Gasteiger charge is 1.96. The van der Waals surface area contributed by atoms with Crippen LogP contribution >= 0.6 is 0 Å². The summed E-state index contributed by atoms with van der Waals surface area (Å²) in [5.41, 5.74) is 0. The monoisotopic (exact) mass is 213 g/mol. The van der Waals surface area contributed by atoms with Crippen LogP contribution < -0.4 is 5.32 Å². The Labute approximate surface area is 88.6 Å². The lowest BCUT2D eigenvalue weighted by Crippen LogP contribution is -2.04. The van der Waals surface area contributed by atoms with Crippen LogP contribution in [-0.2, 0) is 0 Å². The van der Waals surface area contributed by atoms with E-state index in [1.165, 1.54) is 12.4 Å². The van der Waals surface area contributed by atoms with Gasteiger partial charge in [0.05, 0.1) is 0 Å². The number of hydrogen-bond donors (Lipinski definition) is 2. The van der Waals surface area contributed by atoms with E-state index in [0.717, 1.165) is 32.2 Å². The number of rotatable bonds is 7. The molecule has 0 amide bonds. The fraction of sp³-hybridized carbons (Fsp3) is 0.600. The van der Waals surface area contributed by atoms with Gasteiger partial charge in [-0.25, -0.2) is 9.97 Å². The molecule has 0 atom stereocenters. The van der Waals surface area contributed by atoms with Crippen molar-refractivity contribution in [2.75, 3.05) is 18.5 Å². The highest BCUT2D eigenvalue weighted by atomic mass is 19.1. The summed E-state index contributed by atoms with van der Waals surface area (Å²) in [4.78, 5) is 7.23. The zero-order valence-corrected chi connectivity index (χ0v) is 8.62. The van der Waals surface area contributed by atoms with Crippen LogP contribution in [0.2, 0.25) is 0 Å². The molecule has 0 unspecified atom stereocenters. The van der Waals surface area contributed by atoms with Gasteiger partial charge in [0.25, 0.3) is 0 Å². The molecular formula is C10H16FN3O. The third-order valence-corrected chi connectivity index (χ3v) is 2.02. The molecule has 15 heavy (non-hydrogen) atoms. The first-order chi connectivity index (χ1) is 7.33. The quantitative estimate of drug-likeness (QED) is 0.533. The third kappa shape index (κ3) is 5.27. The standard InChI is InChI=1S/C10H16FN3O/c11-9-7-10(14-8-13-9)12-5-3-1-2-4-6-15/h7-8,15H,1-6H2,(H,12,13,14). The molecule has 2 N–H and O–H groups in total. The van der Waals surface area contributed by atoms with Crippen LogP contribution in [0, 0.1) is 5.95 Å². The fourth-order valence-corrected chi connectivity index (χ4v) is 1.24. The minimum atomic E-state index is -0.521. The van der Waals surface area contributed by atoms with E-state index in [1.54, 1.807) is 0 Å². The van der Waals surface area contributed by atoms with Crippen molar-refractivity contribution >= 4 is 5.82 Å². The SMILES string of the molecule is OCCCCCCNc1cc(F)ncn1. The normalized spacial score (nSPS) is 10.3. The van der Waals surface area contributed by atoms with Gasteiger partial charge in [0.1, 0.15) is 12.1 Å². The Morgan fingerprint density at radius 2 is 2.00 bits per heavy atom. The first-order valence-corrected chi connectivity index (χ1v) is 5.15. The number of halogens is 1. The van der Waals surface area contributed by atoms with Crippen LogP contribution in [-0.4, -0.2) is 28.2 Å². The fourth-order valence-electron chi connectivity index (χ4n) is 1.24. The van der Waals surface area contributed by atoms with Crippen molar-refractivity contribution in [3.05, 3.63) is 18.3 Å². The maximum atomic E-state index is 12.6. The van der Waals surface area contributed by atoms with Crippen molar-refractivity contribution in [2.24, 2.45) is 0 Å². The molecule has 4 nitrogen and oxygen atoms in total. The molecule has 0 spiro atoms. The Bertz CT molecular complexity index is 283. The number of aliphatic hydroxyl groups is 1. The van der Waals surface area contributed by atoms with E-state index in [-0.39, 0.29) is 6.61 Å². The minimum Gasteiger partial charge on any atom is -0.396 e. The van der Waals surface area contributed by atoms with E-state index in [0.29, 0.717) is 5.82 Å². The molecule has 0 aliphatic carbocycles. The summed E-state index contributed by atoms with van der Waals surface area (Å²) >= 11 is 0. The lowest BCUT2D eigenvalue weighted by Gasteiger charge is -2.04. The summed E-state index contributed by atoms with van der Waals surface area (Å²) in [5.74, 6) is -0.00237. The molecule has 0 aliphatic rings. The number of aromatic nitrogens is 2. The van der Waals surface area contributed by atoms with Gasteiger partial charge in [-0.3, -0.25) is 0 Å². The van der Waals surface area contributed by atoms with Gasteiger partial charge in [-0.1, -0.05) is 12.8 Å². The van der Waals surface area contributed by atoms with E-state index in [9.17, 15) is 4.39 Å². The van der Waals surface area contributed by atoms with Gasteiger partial charge in [0.2, 0.25) is 5.95 Å². The average Bonchev–Trinajstić information content (AvgIpc) is 2.23. The zero-order valence-electron chi connectivity index (χ0n) is 8.62. The summed E-state index contributed by atoms with van der Waals surface area (Å²) in [6.07, 6.45) is 5.12. The van der Waals surface area contributed by atoms with Gasteiger partial charge < -0.3 is 10.4 Å². The molecule has 1 heterocycles. The Balaban J connectivity index is 2.10. The minimum absolute atomic E-state index is 0.255. The highest BCUT2D eigenvalue weighted by Crippen LogP contribution is 2.04. The van der Waals surface area contributed by atoms with Gasteiger partial charge in [0.15, 0.2) is 0 Å². The molecule has 1 rings (SSSR count). The average molecular weight is 213 g/mol. The lowest BCUT2D eigenvalue weighted by atomic mass is 10.2. The van der Waals surface area contributed by atoms with Crippen LogP contribution in [0.5, 0.6) is 0 Å². The van der Waals surface area contributed by atoms with Crippen molar-refractivity contribution in [2.45, 2.75) is 25.7 Å². The first kappa shape index (κ1) is 11.8. The number of nitrogens with zero attached hydrogens (tertiary/aromatic N) is 2. The maximum absolute atomic E-state index is 12.6. The predicted octanol–water partition coefficient (Wildman–Crippen LogP) is 1.58. The second-order valence-electron chi connectivity index (χ2n) is 3.29. The summed E-state index contributed by atoms with van der Waals surface area (Å²) in [5, 5.41) is 11.6. The number of hydrogen-bond acceptors (Lipinski definition) is 4. The van der Waals surface area contributed by atoms with Crippen LogP contribution in [0.25, 0.3) is 0 Å². The predicted molar refractivity (Wildman–Crippen MR) is 56.0 cm³/mol. The summed E-state index contributed by atoms with van der Waals surface area (Å²) in [6.45, 7) is 1.02. The number of anilines is 1. The van der Waals surface area contributed by atoms with Crippen molar-refractivity contribution in [1.29, 1.82) is 0 Å².